The van der Waals surface area contributed by atoms with Gasteiger partial charge in [0.2, 0.25) is 0 Å². The molecule has 4 nitrogen and oxygen atoms in total. The van der Waals surface area contributed by atoms with Crippen LogP contribution >= 0.6 is 0 Å². The van der Waals surface area contributed by atoms with E-state index in [-0.39, 0.29) is 12.0 Å². The lowest BCUT2D eigenvalue weighted by Crippen LogP contribution is -2.24. The highest BCUT2D eigenvalue weighted by Gasteiger charge is 2.22. The molecule has 1 unspecified atom stereocenters. The van der Waals surface area contributed by atoms with E-state index in [0.717, 1.165) is 12.4 Å². The SMILES string of the molecule is C=CC(C)(CO)Cc1ncnn1CC(C)C. The minimum Gasteiger partial charge on any atom is -0.395 e. The molecule has 0 aliphatic carbocycles. The second-order valence-electron chi connectivity index (χ2n) is 4.95. The first-order valence-electron chi connectivity index (χ1n) is 5.62. The van der Waals surface area contributed by atoms with E-state index >= 15 is 0 Å². The fraction of sp³-hybridized carbons (Fsp3) is 0.667. The first-order valence-corrected chi connectivity index (χ1v) is 5.62. The van der Waals surface area contributed by atoms with E-state index in [1.165, 1.54) is 0 Å². The Morgan fingerprint density at radius 2 is 2.31 bits per heavy atom. The maximum absolute atomic E-state index is 9.33. The van der Waals surface area contributed by atoms with Crippen LogP contribution in [-0.2, 0) is 13.0 Å². The summed E-state index contributed by atoms with van der Waals surface area (Å²) >= 11 is 0. The summed E-state index contributed by atoms with van der Waals surface area (Å²) in [7, 11) is 0. The van der Waals surface area contributed by atoms with Crippen molar-refractivity contribution < 1.29 is 5.11 Å². The van der Waals surface area contributed by atoms with E-state index in [4.69, 9.17) is 0 Å². The van der Waals surface area contributed by atoms with Gasteiger partial charge in [-0.1, -0.05) is 26.8 Å². The smallest absolute Gasteiger partial charge is 0.138 e. The molecule has 0 spiro atoms. The van der Waals surface area contributed by atoms with Crippen LogP contribution in [0.15, 0.2) is 19.0 Å². The van der Waals surface area contributed by atoms with Crippen molar-refractivity contribution in [1.82, 2.24) is 14.8 Å². The molecule has 16 heavy (non-hydrogen) atoms. The van der Waals surface area contributed by atoms with Crippen LogP contribution in [0.5, 0.6) is 0 Å². The third kappa shape index (κ3) is 3.17. The van der Waals surface area contributed by atoms with E-state index in [0.29, 0.717) is 12.3 Å². The molecular weight excluding hydrogens is 202 g/mol. The first kappa shape index (κ1) is 12.9. The summed E-state index contributed by atoms with van der Waals surface area (Å²) in [6.45, 7) is 10.9. The van der Waals surface area contributed by atoms with Gasteiger partial charge in [-0.15, -0.1) is 6.58 Å². The molecule has 0 saturated carbocycles. The molecular formula is C12H21N3O. The van der Waals surface area contributed by atoms with Crippen molar-refractivity contribution in [2.45, 2.75) is 33.7 Å². The molecule has 0 aliphatic heterocycles. The molecule has 1 heterocycles. The van der Waals surface area contributed by atoms with E-state index in [9.17, 15) is 5.11 Å². The van der Waals surface area contributed by atoms with E-state index in [1.807, 2.05) is 11.6 Å². The Bertz CT molecular complexity index is 346. The molecule has 1 aromatic heterocycles. The quantitative estimate of drug-likeness (QED) is 0.746. The summed E-state index contributed by atoms with van der Waals surface area (Å²) in [5.74, 6) is 1.44. The Kier molecular flexibility index (Phi) is 4.24. The highest BCUT2D eigenvalue weighted by Crippen LogP contribution is 2.22. The lowest BCUT2D eigenvalue weighted by molar-refractivity contribution is 0.180. The average molecular weight is 223 g/mol. The zero-order valence-corrected chi connectivity index (χ0v) is 10.3. The van der Waals surface area contributed by atoms with Gasteiger partial charge in [-0.05, 0) is 5.92 Å². The van der Waals surface area contributed by atoms with E-state index in [2.05, 4.69) is 30.5 Å². The van der Waals surface area contributed by atoms with Gasteiger partial charge in [-0.25, -0.2) is 9.67 Å². The summed E-state index contributed by atoms with van der Waals surface area (Å²) < 4.78 is 1.90. The van der Waals surface area contributed by atoms with Crippen molar-refractivity contribution in [3.63, 3.8) is 0 Å². The van der Waals surface area contributed by atoms with Crippen LogP contribution in [-0.4, -0.2) is 26.5 Å². The lowest BCUT2D eigenvalue weighted by atomic mass is 9.88. The van der Waals surface area contributed by atoms with Crippen LogP contribution in [0.2, 0.25) is 0 Å². The highest BCUT2D eigenvalue weighted by molar-refractivity contribution is 5.00. The number of aromatic nitrogens is 3. The van der Waals surface area contributed by atoms with E-state index < -0.39 is 0 Å². The van der Waals surface area contributed by atoms with Gasteiger partial charge < -0.3 is 5.11 Å². The normalized spacial score (nSPS) is 15.1. The number of aliphatic hydroxyl groups is 1. The second-order valence-corrected chi connectivity index (χ2v) is 4.95. The van der Waals surface area contributed by atoms with Crippen LogP contribution < -0.4 is 0 Å². The van der Waals surface area contributed by atoms with Crippen LogP contribution in [0.4, 0.5) is 0 Å². The molecule has 0 bridgehead atoms. The summed E-state index contributed by atoms with van der Waals surface area (Å²) in [5.41, 5.74) is -0.318. The van der Waals surface area contributed by atoms with Crippen LogP contribution in [0, 0.1) is 11.3 Å². The van der Waals surface area contributed by atoms with Crippen molar-refractivity contribution in [2.24, 2.45) is 11.3 Å². The zero-order valence-electron chi connectivity index (χ0n) is 10.3. The maximum Gasteiger partial charge on any atom is 0.138 e. The topological polar surface area (TPSA) is 50.9 Å². The Morgan fingerprint density at radius 3 is 2.81 bits per heavy atom. The van der Waals surface area contributed by atoms with Crippen molar-refractivity contribution >= 4 is 0 Å². The largest absolute Gasteiger partial charge is 0.395 e. The summed E-state index contributed by atoms with van der Waals surface area (Å²) in [4.78, 5) is 4.24. The first-order chi connectivity index (χ1) is 7.50. The van der Waals surface area contributed by atoms with E-state index in [1.54, 1.807) is 12.4 Å². The summed E-state index contributed by atoms with van der Waals surface area (Å²) in [6, 6.07) is 0. The molecule has 0 aromatic carbocycles. The lowest BCUT2D eigenvalue weighted by Gasteiger charge is -2.22. The monoisotopic (exact) mass is 223 g/mol. The zero-order chi connectivity index (χ0) is 12.2. The van der Waals surface area contributed by atoms with Crippen molar-refractivity contribution in [3.8, 4) is 0 Å². The Labute approximate surface area is 97.0 Å². The van der Waals surface area contributed by atoms with Gasteiger partial charge in [0, 0.05) is 18.4 Å². The minimum atomic E-state index is -0.318. The minimum absolute atomic E-state index is 0.0744. The highest BCUT2D eigenvalue weighted by atomic mass is 16.3. The molecule has 0 aliphatic rings. The van der Waals surface area contributed by atoms with Crippen molar-refractivity contribution in [3.05, 3.63) is 24.8 Å². The predicted octanol–water partition coefficient (Wildman–Crippen LogP) is 1.66. The number of hydrogen-bond donors (Lipinski definition) is 1. The van der Waals surface area contributed by atoms with Gasteiger partial charge in [0.05, 0.1) is 6.61 Å². The van der Waals surface area contributed by atoms with Gasteiger partial charge in [0.25, 0.3) is 0 Å². The number of nitrogens with zero attached hydrogens (tertiary/aromatic N) is 3. The van der Waals surface area contributed by atoms with Gasteiger partial charge in [-0.3, -0.25) is 0 Å². The Balaban J connectivity index is 2.80. The molecule has 0 saturated heterocycles. The molecule has 1 rings (SSSR count). The van der Waals surface area contributed by atoms with Gasteiger partial charge in [0.1, 0.15) is 12.2 Å². The molecule has 1 N–H and O–H groups in total. The predicted molar refractivity (Wildman–Crippen MR) is 64.0 cm³/mol. The third-order valence-electron chi connectivity index (χ3n) is 2.65. The van der Waals surface area contributed by atoms with Crippen molar-refractivity contribution in [2.75, 3.05) is 6.61 Å². The molecule has 0 amide bonds. The average Bonchev–Trinajstić information content (AvgIpc) is 2.64. The second kappa shape index (κ2) is 5.25. The van der Waals surface area contributed by atoms with Crippen LogP contribution in [0.3, 0.4) is 0 Å². The van der Waals surface area contributed by atoms with Crippen molar-refractivity contribution in [1.29, 1.82) is 0 Å². The summed E-state index contributed by atoms with van der Waals surface area (Å²) in [5, 5.41) is 13.5. The van der Waals surface area contributed by atoms with Gasteiger partial charge in [0.15, 0.2) is 0 Å². The van der Waals surface area contributed by atoms with Crippen LogP contribution in [0.25, 0.3) is 0 Å². The standard InChI is InChI=1S/C12H21N3O/c1-5-12(4,8-16)6-11-13-9-14-15(11)7-10(2)3/h5,9-10,16H,1,6-8H2,2-4H3. The van der Waals surface area contributed by atoms with Gasteiger partial charge >= 0.3 is 0 Å². The molecule has 1 aromatic rings. The van der Waals surface area contributed by atoms with Crippen LogP contribution in [0.1, 0.15) is 26.6 Å². The fourth-order valence-corrected chi connectivity index (χ4v) is 1.48. The maximum atomic E-state index is 9.33. The third-order valence-corrected chi connectivity index (χ3v) is 2.65. The van der Waals surface area contributed by atoms with Gasteiger partial charge in [-0.2, -0.15) is 5.10 Å². The Hall–Kier alpha value is -1.16. The Morgan fingerprint density at radius 1 is 1.62 bits per heavy atom. The molecule has 0 fully saturated rings. The number of hydrogen-bond acceptors (Lipinski definition) is 3. The molecule has 90 valence electrons. The fourth-order valence-electron chi connectivity index (χ4n) is 1.48. The molecule has 0 radical (unpaired) electrons. The number of rotatable bonds is 6. The molecule has 1 atom stereocenters. The molecule has 4 heteroatoms. The number of aliphatic hydroxyl groups excluding tert-OH is 1. The summed E-state index contributed by atoms with van der Waals surface area (Å²) in [6.07, 6.45) is 4.01.